The minimum Gasteiger partial charge on any atom is -0.378 e. The van der Waals surface area contributed by atoms with Crippen molar-refractivity contribution in [2.75, 3.05) is 52.6 Å². The second kappa shape index (κ2) is 11.2. The lowest BCUT2D eigenvalue weighted by Gasteiger charge is -2.36. The normalized spacial score (nSPS) is 17.5. The Labute approximate surface area is 160 Å². The lowest BCUT2D eigenvalue weighted by Crippen LogP contribution is -2.49. The Morgan fingerprint density at radius 3 is 2.08 bits per heavy atom. The molecule has 1 aliphatic rings. The van der Waals surface area contributed by atoms with Gasteiger partial charge < -0.3 is 25.0 Å². The van der Waals surface area contributed by atoms with Gasteiger partial charge in [0.1, 0.15) is 0 Å². The number of nitrogens with one attached hydrogen (secondary N) is 2. The van der Waals surface area contributed by atoms with Gasteiger partial charge in [-0.2, -0.15) is 0 Å². The van der Waals surface area contributed by atoms with Crippen LogP contribution in [0.3, 0.4) is 0 Å². The Hall–Kier alpha value is -0.690. The number of nitrogens with zero attached hydrogens (tertiary/aromatic N) is 1. The van der Waals surface area contributed by atoms with Crippen molar-refractivity contribution in [1.82, 2.24) is 15.5 Å². The lowest BCUT2D eigenvalue weighted by atomic mass is 9.96. The van der Waals surface area contributed by atoms with Crippen LogP contribution < -0.4 is 10.6 Å². The van der Waals surface area contributed by atoms with Gasteiger partial charge >= 0.3 is 0 Å². The molecule has 0 aromatic carbocycles. The molecule has 26 heavy (non-hydrogen) atoms. The van der Waals surface area contributed by atoms with Gasteiger partial charge in [0.15, 0.2) is 0 Å². The summed E-state index contributed by atoms with van der Waals surface area (Å²) in [6, 6.07) is 0.638. The van der Waals surface area contributed by atoms with Crippen LogP contribution >= 0.6 is 0 Å². The van der Waals surface area contributed by atoms with Crippen molar-refractivity contribution in [3.05, 3.63) is 0 Å². The molecule has 2 N–H and O–H groups in total. The highest BCUT2D eigenvalue weighted by atomic mass is 16.5. The number of hydrogen-bond donors (Lipinski definition) is 2. The molecule has 0 bridgehead atoms. The molecule has 1 fully saturated rings. The first-order chi connectivity index (χ1) is 12.1. The molecule has 1 saturated heterocycles. The van der Waals surface area contributed by atoms with Crippen LogP contribution in [0.4, 0.5) is 0 Å². The summed E-state index contributed by atoms with van der Waals surface area (Å²) in [5, 5.41) is 6.56. The zero-order chi connectivity index (χ0) is 19.6. The molecule has 0 aromatic rings. The average Bonchev–Trinajstić information content (AvgIpc) is 2.52. The fourth-order valence-electron chi connectivity index (χ4n) is 2.93. The summed E-state index contributed by atoms with van der Waals surface area (Å²) >= 11 is 0. The van der Waals surface area contributed by atoms with E-state index in [9.17, 15) is 4.79 Å². The smallest absolute Gasteiger partial charge is 0.225 e. The monoisotopic (exact) mass is 371 g/mol. The summed E-state index contributed by atoms with van der Waals surface area (Å²) in [7, 11) is 0. The van der Waals surface area contributed by atoms with Crippen molar-refractivity contribution >= 4 is 5.91 Å². The van der Waals surface area contributed by atoms with Crippen molar-refractivity contribution in [2.45, 2.75) is 66.0 Å². The molecular weight excluding hydrogens is 330 g/mol. The SMILES string of the molecule is CC(C)(C)NC1CCN(CCOCCOCCNC(=O)C(C)(C)C)CC1. The van der Waals surface area contributed by atoms with Crippen LogP contribution in [-0.2, 0) is 14.3 Å². The van der Waals surface area contributed by atoms with Crippen molar-refractivity contribution in [3.8, 4) is 0 Å². The van der Waals surface area contributed by atoms with E-state index in [0.717, 1.165) is 26.2 Å². The molecule has 0 spiro atoms. The predicted molar refractivity (Wildman–Crippen MR) is 106 cm³/mol. The summed E-state index contributed by atoms with van der Waals surface area (Å²) in [5.41, 5.74) is -0.147. The highest BCUT2D eigenvalue weighted by Gasteiger charge is 2.22. The van der Waals surface area contributed by atoms with Crippen LogP contribution in [0.25, 0.3) is 0 Å². The van der Waals surface area contributed by atoms with Crippen LogP contribution in [0.2, 0.25) is 0 Å². The fourth-order valence-corrected chi connectivity index (χ4v) is 2.93. The van der Waals surface area contributed by atoms with E-state index in [4.69, 9.17) is 9.47 Å². The number of piperidine rings is 1. The van der Waals surface area contributed by atoms with E-state index < -0.39 is 0 Å². The second-order valence-corrected chi connectivity index (χ2v) is 9.24. The Bertz CT molecular complexity index is 394. The number of ether oxygens (including phenoxy) is 2. The van der Waals surface area contributed by atoms with Gasteiger partial charge in [-0.05, 0) is 46.7 Å². The molecule has 1 heterocycles. The first-order valence-corrected chi connectivity index (χ1v) is 10.0. The number of carbonyl (C=O) groups is 1. The maximum Gasteiger partial charge on any atom is 0.225 e. The number of rotatable bonds is 10. The minimum atomic E-state index is -0.347. The molecule has 0 unspecified atom stereocenters. The minimum absolute atomic E-state index is 0.0545. The zero-order valence-electron chi connectivity index (χ0n) is 17.8. The van der Waals surface area contributed by atoms with Crippen LogP contribution in [0.1, 0.15) is 54.4 Å². The molecule has 0 aliphatic carbocycles. The molecule has 6 heteroatoms. The van der Waals surface area contributed by atoms with Crippen LogP contribution in [0.15, 0.2) is 0 Å². The third kappa shape index (κ3) is 11.1. The summed E-state index contributed by atoms with van der Waals surface area (Å²) < 4.78 is 11.1. The largest absolute Gasteiger partial charge is 0.378 e. The standard InChI is InChI=1S/C20H41N3O3/c1-19(2,3)18(24)21-9-13-25-15-16-26-14-12-23-10-7-17(8-11-23)22-20(4,5)6/h17,22H,7-16H2,1-6H3,(H,21,24). The van der Waals surface area contributed by atoms with E-state index in [-0.39, 0.29) is 16.9 Å². The van der Waals surface area contributed by atoms with Crippen molar-refractivity contribution in [3.63, 3.8) is 0 Å². The number of likely N-dealkylation sites (tertiary alicyclic amines) is 1. The third-order valence-corrected chi connectivity index (χ3v) is 4.36. The Kier molecular flexibility index (Phi) is 10.1. The van der Waals surface area contributed by atoms with Crippen molar-refractivity contribution in [2.24, 2.45) is 5.41 Å². The van der Waals surface area contributed by atoms with E-state index >= 15 is 0 Å². The molecule has 1 rings (SSSR count). The quantitative estimate of drug-likeness (QED) is 0.576. The number of hydrogen-bond acceptors (Lipinski definition) is 5. The van der Waals surface area contributed by atoms with E-state index in [2.05, 4.69) is 36.3 Å². The average molecular weight is 372 g/mol. The van der Waals surface area contributed by atoms with Gasteiger partial charge in [0.05, 0.1) is 26.4 Å². The lowest BCUT2D eigenvalue weighted by molar-refractivity contribution is -0.128. The number of carbonyl (C=O) groups excluding carboxylic acids is 1. The highest BCUT2D eigenvalue weighted by molar-refractivity contribution is 5.81. The van der Waals surface area contributed by atoms with Gasteiger partial charge in [-0.25, -0.2) is 0 Å². The van der Waals surface area contributed by atoms with Gasteiger partial charge in [0.25, 0.3) is 0 Å². The Balaban J connectivity index is 1.92. The zero-order valence-corrected chi connectivity index (χ0v) is 17.8. The fraction of sp³-hybridized carbons (Fsp3) is 0.950. The topological polar surface area (TPSA) is 62.8 Å². The Morgan fingerprint density at radius 2 is 1.54 bits per heavy atom. The van der Waals surface area contributed by atoms with Gasteiger partial charge in [-0.15, -0.1) is 0 Å². The molecule has 154 valence electrons. The second-order valence-electron chi connectivity index (χ2n) is 9.24. The molecule has 1 aliphatic heterocycles. The Morgan fingerprint density at radius 1 is 0.962 bits per heavy atom. The number of amides is 1. The van der Waals surface area contributed by atoms with Gasteiger partial charge in [-0.1, -0.05) is 20.8 Å². The molecule has 0 atom stereocenters. The van der Waals surface area contributed by atoms with Crippen LogP contribution in [0.5, 0.6) is 0 Å². The van der Waals surface area contributed by atoms with E-state index in [0.29, 0.717) is 32.4 Å². The van der Waals surface area contributed by atoms with Crippen LogP contribution in [0, 0.1) is 5.41 Å². The first-order valence-electron chi connectivity index (χ1n) is 10.0. The summed E-state index contributed by atoms with van der Waals surface area (Å²) in [4.78, 5) is 14.2. The van der Waals surface area contributed by atoms with E-state index in [1.54, 1.807) is 0 Å². The molecule has 6 nitrogen and oxygen atoms in total. The molecular formula is C20H41N3O3. The molecule has 1 amide bonds. The molecule has 0 saturated carbocycles. The van der Waals surface area contributed by atoms with Crippen LogP contribution in [-0.4, -0.2) is 75.0 Å². The van der Waals surface area contributed by atoms with Crippen molar-refractivity contribution < 1.29 is 14.3 Å². The van der Waals surface area contributed by atoms with E-state index in [1.165, 1.54) is 12.8 Å². The van der Waals surface area contributed by atoms with E-state index in [1.807, 2.05) is 20.8 Å². The van der Waals surface area contributed by atoms with Gasteiger partial charge in [0.2, 0.25) is 5.91 Å². The third-order valence-electron chi connectivity index (χ3n) is 4.36. The first kappa shape index (κ1) is 23.3. The van der Waals surface area contributed by atoms with Crippen molar-refractivity contribution in [1.29, 1.82) is 0 Å². The van der Waals surface area contributed by atoms with Gasteiger partial charge in [-0.3, -0.25) is 4.79 Å². The summed E-state index contributed by atoms with van der Waals surface area (Å²) in [6.07, 6.45) is 2.42. The maximum atomic E-state index is 11.7. The maximum absolute atomic E-state index is 11.7. The predicted octanol–water partition coefficient (Wildman–Crippen LogP) is 2.03. The summed E-state index contributed by atoms with van der Waals surface area (Å²) in [6.45, 7) is 18.7. The highest BCUT2D eigenvalue weighted by Crippen LogP contribution is 2.13. The summed E-state index contributed by atoms with van der Waals surface area (Å²) in [5.74, 6) is 0.0545. The van der Waals surface area contributed by atoms with Gasteiger partial charge in [0, 0.05) is 30.1 Å². The molecule has 0 aromatic heterocycles. The molecule has 0 radical (unpaired) electrons.